The van der Waals surface area contributed by atoms with Crippen LogP contribution in [0.3, 0.4) is 0 Å². The summed E-state index contributed by atoms with van der Waals surface area (Å²) in [6.07, 6.45) is 0. The molecule has 0 aromatic rings. The molecule has 0 aliphatic carbocycles. The van der Waals surface area contributed by atoms with Crippen molar-refractivity contribution in [2.75, 3.05) is 39.3 Å². The van der Waals surface area contributed by atoms with Gasteiger partial charge < -0.3 is 16.0 Å². The molecule has 1 aliphatic heterocycles. The summed E-state index contributed by atoms with van der Waals surface area (Å²) in [4.78, 5) is 0. The zero-order valence-electron chi connectivity index (χ0n) is 6.45. The number of hydrogen-bond donors (Lipinski definition) is 3. The summed E-state index contributed by atoms with van der Waals surface area (Å²) < 4.78 is 0. The molecule has 0 saturated carbocycles. The SMILES string of the molecule is C1CNCCNCCN1.[Zn]. The van der Waals surface area contributed by atoms with Crippen LogP contribution in [0.4, 0.5) is 0 Å². The van der Waals surface area contributed by atoms with E-state index in [0.29, 0.717) is 0 Å². The summed E-state index contributed by atoms with van der Waals surface area (Å²) in [5.41, 5.74) is 0. The molecule has 1 rings (SSSR count). The predicted molar refractivity (Wildman–Crippen MR) is 38.6 cm³/mol. The molecule has 0 bridgehead atoms. The molecular weight excluding hydrogens is 179 g/mol. The molecule has 1 fully saturated rings. The van der Waals surface area contributed by atoms with Gasteiger partial charge in [0.2, 0.25) is 0 Å². The van der Waals surface area contributed by atoms with Gasteiger partial charge in [-0.1, -0.05) is 0 Å². The first-order valence-electron chi connectivity index (χ1n) is 3.62. The largest absolute Gasteiger partial charge is 0.314 e. The fourth-order valence-corrected chi connectivity index (χ4v) is 0.905. The van der Waals surface area contributed by atoms with Crippen molar-refractivity contribution < 1.29 is 19.5 Å². The van der Waals surface area contributed by atoms with Gasteiger partial charge in [-0.2, -0.15) is 0 Å². The van der Waals surface area contributed by atoms with Gasteiger partial charge in [0, 0.05) is 58.7 Å². The van der Waals surface area contributed by atoms with Gasteiger partial charge in [-0.15, -0.1) is 0 Å². The first-order chi connectivity index (χ1) is 4.50. The minimum absolute atomic E-state index is 0. The maximum Gasteiger partial charge on any atom is 0.00772 e. The summed E-state index contributed by atoms with van der Waals surface area (Å²) in [7, 11) is 0. The van der Waals surface area contributed by atoms with Gasteiger partial charge in [0.25, 0.3) is 0 Å². The van der Waals surface area contributed by atoms with E-state index in [1.165, 1.54) is 0 Å². The standard InChI is InChI=1S/C6H15N3.Zn/c1-2-8-5-6-9-4-3-7-1;/h7-9H,1-6H2;. The molecule has 1 aliphatic rings. The Bertz CT molecular complexity index is 41.5. The second kappa shape index (κ2) is 7.61. The van der Waals surface area contributed by atoms with E-state index in [9.17, 15) is 0 Å². The molecule has 0 amide bonds. The van der Waals surface area contributed by atoms with Gasteiger partial charge in [0.15, 0.2) is 0 Å². The van der Waals surface area contributed by atoms with Crippen molar-refractivity contribution in [1.82, 2.24) is 16.0 Å². The fourth-order valence-electron chi connectivity index (χ4n) is 0.905. The topological polar surface area (TPSA) is 36.1 Å². The van der Waals surface area contributed by atoms with Crippen LogP contribution in [0, 0.1) is 0 Å². The van der Waals surface area contributed by atoms with Gasteiger partial charge in [-0.3, -0.25) is 0 Å². The molecule has 4 heteroatoms. The minimum Gasteiger partial charge on any atom is -0.314 e. The van der Waals surface area contributed by atoms with Gasteiger partial charge in [0.05, 0.1) is 0 Å². The van der Waals surface area contributed by atoms with Gasteiger partial charge in [-0.05, 0) is 0 Å². The molecule has 56 valence electrons. The fraction of sp³-hybridized carbons (Fsp3) is 1.00. The Morgan fingerprint density at radius 2 is 0.700 bits per heavy atom. The molecule has 0 aromatic carbocycles. The van der Waals surface area contributed by atoms with Crippen LogP contribution < -0.4 is 16.0 Å². The average molecular weight is 195 g/mol. The third-order valence-electron chi connectivity index (χ3n) is 1.44. The summed E-state index contributed by atoms with van der Waals surface area (Å²) in [6.45, 7) is 6.59. The summed E-state index contributed by atoms with van der Waals surface area (Å²) >= 11 is 0. The molecule has 0 spiro atoms. The van der Waals surface area contributed by atoms with Crippen LogP contribution in [-0.2, 0) is 19.5 Å². The maximum atomic E-state index is 3.30. The van der Waals surface area contributed by atoms with Crippen molar-refractivity contribution in [1.29, 1.82) is 0 Å². The van der Waals surface area contributed by atoms with Crippen LogP contribution >= 0.6 is 0 Å². The molecule has 1 saturated heterocycles. The second-order valence-corrected chi connectivity index (χ2v) is 2.25. The zero-order chi connectivity index (χ0) is 6.36. The number of rotatable bonds is 0. The van der Waals surface area contributed by atoms with Crippen LogP contribution in [0.2, 0.25) is 0 Å². The van der Waals surface area contributed by atoms with Crippen molar-refractivity contribution in [2.45, 2.75) is 0 Å². The van der Waals surface area contributed by atoms with Crippen molar-refractivity contribution in [3.63, 3.8) is 0 Å². The summed E-state index contributed by atoms with van der Waals surface area (Å²) in [5.74, 6) is 0. The van der Waals surface area contributed by atoms with Gasteiger partial charge in [0.1, 0.15) is 0 Å². The predicted octanol–water partition coefficient (Wildman–Crippen LogP) is -1.23. The summed E-state index contributed by atoms with van der Waals surface area (Å²) in [6, 6.07) is 0. The summed E-state index contributed by atoms with van der Waals surface area (Å²) in [5, 5.41) is 9.91. The third-order valence-corrected chi connectivity index (χ3v) is 1.44. The molecule has 0 radical (unpaired) electrons. The molecule has 0 aromatic heterocycles. The maximum absolute atomic E-state index is 3.30. The first-order valence-corrected chi connectivity index (χ1v) is 3.62. The Morgan fingerprint density at radius 1 is 0.500 bits per heavy atom. The quantitative estimate of drug-likeness (QED) is 0.423. The van der Waals surface area contributed by atoms with Crippen LogP contribution in [0.15, 0.2) is 0 Å². The van der Waals surface area contributed by atoms with Crippen LogP contribution in [0.1, 0.15) is 0 Å². The molecule has 0 atom stereocenters. The molecular formula is C6H15N3Zn. The Labute approximate surface area is 75.1 Å². The third kappa shape index (κ3) is 5.30. The van der Waals surface area contributed by atoms with E-state index in [1.54, 1.807) is 0 Å². The van der Waals surface area contributed by atoms with Crippen LogP contribution in [0.25, 0.3) is 0 Å². The van der Waals surface area contributed by atoms with Crippen LogP contribution in [0.5, 0.6) is 0 Å². The van der Waals surface area contributed by atoms with E-state index in [1.807, 2.05) is 0 Å². The van der Waals surface area contributed by atoms with E-state index >= 15 is 0 Å². The van der Waals surface area contributed by atoms with E-state index in [4.69, 9.17) is 0 Å². The van der Waals surface area contributed by atoms with E-state index in [0.717, 1.165) is 39.3 Å². The number of hydrogen-bond acceptors (Lipinski definition) is 3. The zero-order valence-corrected chi connectivity index (χ0v) is 9.42. The second-order valence-electron chi connectivity index (χ2n) is 2.25. The monoisotopic (exact) mass is 193 g/mol. The Balaban J connectivity index is 0.000000810. The van der Waals surface area contributed by atoms with E-state index in [-0.39, 0.29) is 19.5 Å². The molecule has 1 heterocycles. The van der Waals surface area contributed by atoms with E-state index in [2.05, 4.69) is 16.0 Å². The molecule has 0 unspecified atom stereocenters. The Kier molecular flexibility index (Phi) is 7.99. The molecule has 3 nitrogen and oxygen atoms in total. The van der Waals surface area contributed by atoms with Crippen molar-refractivity contribution >= 4 is 0 Å². The van der Waals surface area contributed by atoms with Crippen molar-refractivity contribution in [3.8, 4) is 0 Å². The Morgan fingerprint density at radius 3 is 0.900 bits per heavy atom. The average Bonchev–Trinajstić information content (AvgIpc) is 2.00. The Hall–Kier alpha value is 0.503. The molecule has 10 heavy (non-hydrogen) atoms. The van der Waals surface area contributed by atoms with Crippen molar-refractivity contribution in [2.24, 2.45) is 0 Å². The normalized spacial score (nSPS) is 21.6. The molecule has 3 N–H and O–H groups in total. The number of nitrogens with one attached hydrogen (secondary N) is 3. The first kappa shape index (κ1) is 10.5. The van der Waals surface area contributed by atoms with Crippen molar-refractivity contribution in [3.05, 3.63) is 0 Å². The smallest absolute Gasteiger partial charge is 0.00772 e. The minimum atomic E-state index is 0. The van der Waals surface area contributed by atoms with Crippen LogP contribution in [-0.4, -0.2) is 39.3 Å². The van der Waals surface area contributed by atoms with Gasteiger partial charge >= 0.3 is 0 Å². The van der Waals surface area contributed by atoms with Gasteiger partial charge in [-0.25, -0.2) is 0 Å². The van der Waals surface area contributed by atoms with E-state index < -0.39 is 0 Å².